The number of nitrogens with one attached hydrogen (secondary N) is 1. The molecule has 8 heteroatoms. The summed E-state index contributed by atoms with van der Waals surface area (Å²) in [4.78, 5) is 33.6. The van der Waals surface area contributed by atoms with Gasteiger partial charge in [-0.3, -0.25) is 9.59 Å². The van der Waals surface area contributed by atoms with E-state index in [1.807, 2.05) is 0 Å². The molecule has 1 aliphatic heterocycles. The van der Waals surface area contributed by atoms with E-state index in [-0.39, 0.29) is 13.2 Å². The maximum absolute atomic E-state index is 12.0. The first-order chi connectivity index (χ1) is 8.27. The largest absolute Gasteiger partial charge is 0.480 e. The van der Waals surface area contributed by atoms with E-state index in [1.165, 1.54) is 0 Å². The lowest BCUT2D eigenvalue weighted by Crippen LogP contribution is -2.54. The van der Waals surface area contributed by atoms with Crippen molar-refractivity contribution in [1.29, 1.82) is 0 Å². The Bertz CT molecular complexity index is 373. The molecule has 6 N–H and O–H groups in total. The number of nitrogens with two attached hydrogens (primary N) is 2. The van der Waals surface area contributed by atoms with Crippen molar-refractivity contribution < 1.29 is 24.2 Å². The van der Waals surface area contributed by atoms with Crippen LogP contribution in [0.2, 0.25) is 0 Å². The molecule has 0 spiro atoms. The Morgan fingerprint density at radius 1 is 1.56 bits per heavy atom. The maximum atomic E-state index is 12.0. The normalized spacial score (nSPS) is 28.7. The number of amides is 2. The van der Waals surface area contributed by atoms with E-state index in [4.69, 9.17) is 21.3 Å². The van der Waals surface area contributed by atoms with E-state index in [2.05, 4.69) is 5.32 Å². The first-order valence-corrected chi connectivity index (χ1v) is 5.42. The van der Waals surface area contributed by atoms with Gasteiger partial charge in [-0.2, -0.15) is 0 Å². The van der Waals surface area contributed by atoms with Gasteiger partial charge in [0.2, 0.25) is 11.8 Å². The summed E-state index contributed by atoms with van der Waals surface area (Å²) in [5.74, 6) is -2.68. The first-order valence-electron chi connectivity index (χ1n) is 5.42. The summed E-state index contributed by atoms with van der Waals surface area (Å²) in [6, 6.07) is -1.86. The Kier molecular flexibility index (Phi) is 4.25. The number of carboxylic acids is 1. The lowest BCUT2D eigenvalue weighted by atomic mass is 9.84. The molecule has 1 aliphatic rings. The second-order valence-electron chi connectivity index (χ2n) is 4.57. The van der Waals surface area contributed by atoms with Gasteiger partial charge in [-0.15, -0.1) is 0 Å². The molecule has 2 amide bonds. The third kappa shape index (κ3) is 2.96. The first kappa shape index (κ1) is 14.4. The van der Waals surface area contributed by atoms with Crippen molar-refractivity contribution in [1.82, 2.24) is 5.32 Å². The molecule has 102 valence electrons. The van der Waals surface area contributed by atoms with Gasteiger partial charge in [-0.05, 0) is 6.92 Å². The number of carbonyl (C=O) groups is 3. The van der Waals surface area contributed by atoms with E-state index in [9.17, 15) is 14.4 Å². The van der Waals surface area contributed by atoms with Gasteiger partial charge in [-0.1, -0.05) is 0 Å². The number of rotatable bonds is 5. The summed E-state index contributed by atoms with van der Waals surface area (Å²) in [6.45, 7) is 1.93. The fraction of sp³-hybridized carbons (Fsp3) is 0.700. The van der Waals surface area contributed by atoms with Gasteiger partial charge < -0.3 is 26.6 Å². The summed E-state index contributed by atoms with van der Waals surface area (Å²) < 4.78 is 5.09. The topological polar surface area (TPSA) is 145 Å². The van der Waals surface area contributed by atoms with E-state index in [1.54, 1.807) is 6.92 Å². The SMILES string of the molecule is CC1(C(=O)N[C@H](CC(N)=O)C(=O)O)COCC1N. The third-order valence-corrected chi connectivity index (χ3v) is 3.05. The smallest absolute Gasteiger partial charge is 0.326 e. The average Bonchev–Trinajstić information content (AvgIpc) is 2.58. The van der Waals surface area contributed by atoms with Crippen LogP contribution in [0.3, 0.4) is 0 Å². The number of ether oxygens (including phenoxy) is 1. The average molecular weight is 259 g/mol. The molecule has 0 saturated carbocycles. The van der Waals surface area contributed by atoms with Crippen LogP contribution < -0.4 is 16.8 Å². The van der Waals surface area contributed by atoms with Gasteiger partial charge >= 0.3 is 5.97 Å². The summed E-state index contributed by atoms with van der Waals surface area (Å²) in [5.41, 5.74) is 9.67. The predicted molar refractivity (Wildman–Crippen MR) is 60.3 cm³/mol. The lowest BCUT2D eigenvalue weighted by molar-refractivity contribution is -0.145. The van der Waals surface area contributed by atoms with Crippen LogP contribution >= 0.6 is 0 Å². The van der Waals surface area contributed by atoms with Crippen molar-refractivity contribution in [2.45, 2.75) is 25.4 Å². The number of hydrogen-bond donors (Lipinski definition) is 4. The minimum Gasteiger partial charge on any atom is -0.480 e. The van der Waals surface area contributed by atoms with Crippen LogP contribution in [0.25, 0.3) is 0 Å². The molecule has 18 heavy (non-hydrogen) atoms. The quantitative estimate of drug-likeness (QED) is 0.440. The molecule has 3 atom stereocenters. The maximum Gasteiger partial charge on any atom is 0.326 e. The zero-order valence-corrected chi connectivity index (χ0v) is 10.0. The number of primary amides is 1. The van der Waals surface area contributed by atoms with E-state index >= 15 is 0 Å². The molecule has 0 bridgehead atoms. The van der Waals surface area contributed by atoms with Crippen LogP contribution in [-0.2, 0) is 19.1 Å². The predicted octanol–water partition coefficient (Wildman–Crippen LogP) is -2.20. The van der Waals surface area contributed by atoms with Crippen LogP contribution in [0.5, 0.6) is 0 Å². The second kappa shape index (κ2) is 5.32. The fourth-order valence-corrected chi connectivity index (χ4v) is 1.65. The zero-order chi connectivity index (χ0) is 13.9. The van der Waals surface area contributed by atoms with Crippen LogP contribution in [-0.4, -0.2) is 48.2 Å². The molecular formula is C10H17N3O5. The van der Waals surface area contributed by atoms with Gasteiger partial charge in [0.15, 0.2) is 0 Å². The minimum absolute atomic E-state index is 0.114. The van der Waals surface area contributed by atoms with Gasteiger partial charge in [-0.25, -0.2) is 4.79 Å². The van der Waals surface area contributed by atoms with Crippen molar-refractivity contribution in [3.8, 4) is 0 Å². The molecule has 0 aromatic carbocycles. The highest BCUT2D eigenvalue weighted by Crippen LogP contribution is 2.27. The van der Waals surface area contributed by atoms with Gasteiger partial charge in [0, 0.05) is 6.04 Å². The molecule has 2 unspecified atom stereocenters. The summed E-state index contributed by atoms with van der Waals surface area (Å²) in [5, 5.41) is 11.1. The molecule has 0 aromatic heterocycles. The zero-order valence-electron chi connectivity index (χ0n) is 10.0. The molecule has 1 fully saturated rings. The highest BCUT2D eigenvalue weighted by molar-refractivity contribution is 5.90. The van der Waals surface area contributed by atoms with Gasteiger partial charge in [0.1, 0.15) is 6.04 Å². The Hall–Kier alpha value is -1.67. The van der Waals surface area contributed by atoms with Crippen LogP contribution in [0.4, 0.5) is 0 Å². The van der Waals surface area contributed by atoms with Crippen molar-refractivity contribution in [2.75, 3.05) is 13.2 Å². The third-order valence-electron chi connectivity index (χ3n) is 3.05. The summed E-state index contributed by atoms with van der Waals surface area (Å²) in [7, 11) is 0. The van der Waals surface area contributed by atoms with Crippen LogP contribution in [0, 0.1) is 5.41 Å². The number of carboxylic acid groups (broad SMARTS) is 1. The molecule has 1 heterocycles. The Balaban J connectivity index is 2.72. The summed E-state index contributed by atoms with van der Waals surface area (Å²) >= 11 is 0. The van der Waals surface area contributed by atoms with Crippen molar-refractivity contribution in [3.05, 3.63) is 0 Å². The highest BCUT2D eigenvalue weighted by Gasteiger charge is 2.45. The number of hydrogen-bond acceptors (Lipinski definition) is 5. The van der Waals surface area contributed by atoms with E-state index < -0.39 is 41.7 Å². The molecule has 1 rings (SSSR count). The molecule has 0 aliphatic carbocycles. The van der Waals surface area contributed by atoms with Crippen molar-refractivity contribution in [3.63, 3.8) is 0 Å². The van der Waals surface area contributed by atoms with Crippen molar-refractivity contribution >= 4 is 17.8 Å². The van der Waals surface area contributed by atoms with Gasteiger partial charge in [0.25, 0.3) is 0 Å². The Morgan fingerprint density at radius 3 is 2.56 bits per heavy atom. The molecule has 0 aromatic rings. The minimum atomic E-state index is -1.35. The van der Waals surface area contributed by atoms with Crippen molar-refractivity contribution in [2.24, 2.45) is 16.9 Å². The molecular weight excluding hydrogens is 242 g/mol. The lowest BCUT2D eigenvalue weighted by Gasteiger charge is -2.27. The highest BCUT2D eigenvalue weighted by atomic mass is 16.5. The van der Waals surface area contributed by atoms with E-state index in [0.29, 0.717) is 0 Å². The van der Waals surface area contributed by atoms with Crippen LogP contribution in [0.15, 0.2) is 0 Å². The fourth-order valence-electron chi connectivity index (χ4n) is 1.65. The molecule has 0 radical (unpaired) electrons. The van der Waals surface area contributed by atoms with E-state index in [0.717, 1.165) is 0 Å². The Morgan fingerprint density at radius 2 is 2.17 bits per heavy atom. The molecule has 8 nitrogen and oxygen atoms in total. The Labute approximate surface area is 104 Å². The monoisotopic (exact) mass is 259 g/mol. The second-order valence-corrected chi connectivity index (χ2v) is 4.57. The standard InChI is InChI=1S/C10H17N3O5/c1-10(4-18-3-6(10)11)9(17)13-5(8(15)16)2-7(12)14/h5-6H,2-4,11H2,1H3,(H2,12,14)(H,13,17)(H,15,16)/t5-,6?,10?/m1/s1. The number of aliphatic carboxylic acids is 1. The number of carbonyl (C=O) groups excluding carboxylic acids is 2. The molecule has 1 saturated heterocycles. The van der Waals surface area contributed by atoms with Gasteiger partial charge in [0.05, 0.1) is 25.0 Å². The van der Waals surface area contributed by atoms with Crippen LogP contribution in [0.1, 0.15) is 13.3 Å². The summed E-state index contributed by atoms with van der Waals surface area (Å²) in [6.07, 6.45) is -0.465.